The highest BCUT2D eigenvalue weighted by Gasteiger charge is 2.29. The molecule has 1 aliphatic rings. The number of thiocarbonyl (C=S) groups is 1. The number of rotatable bonds is 3. The van der Waals surface area contributed by atoms with Gasteiger partial charge in [0.25, 0.3) is 5.91 Å². The maximum Gasteiger partial charge on any atom is 0.265 e. The van der Waals surface area contributed by atoms with Crippen molar-refractivity contribution in [1.29, 1.82) is 0 Å². The molecule has 0 radical (unpaired) electrons. The van der Waals surface area contributed by atoms with E-state index in [0.29, 0.717) is 15.8 Å². The molecule has 1 aliphatic heterocycles. The summed E-state index contributed by atoms with van der Waals surface area (Å²) in [5, 5.41) is 0. The minimum atomic E-state index is -0.0590. The predicted octanol–water partition coefficient (Wildman–Crippen LogP) is 4.13. The summed E-state index contributed by atoms with van der Waals surface area (Å²) < 4.78 is 8.42. The van der Waals surface area contributed by atoms with Crippen LogP contribution in [0.3, 0.4) is 0 Å². The third kappa shape index (κ3) is 3.47. The van der Waals surface area contributed by atoms with Crippen LogP contribution in [0.4, 0.5) is 0 Å². The van der Waals surface area contributed by atoms with E-state index in [1.807, 2.05) is 19.1 Å². The molecule has 20 heavy (non-hydrogen) atoms. The number of thioether (sulfide) groups is 1. The molecule has 0 saturated carbocycles. The second kappa shape index (κ2) is 6.93. The van der Waals surface area contributed by atoms with E-state index in [9.17, 15) is 4.79 Å². The van der Waals surface area contributed by atoms with Gasteiger partial charge in [0.1, 0.15) is 10.1 Å². The Morgan fingerprint density at radius 2 is 2.15 bits per heavy atom. The molecule has 0 unspecified atom stereocenters. The van der Waals surface area contributed by atoms with E-state index < -0.39 is 0 Å². The Bertz CT molecular complexity index is 617. The van der Waals surface area contributed by atoms with Gasteiger partial charge >= 0.3 is 0 Å². The molecule has 1 amide bonds. The van der Waals surface area contributed by atoms with Gasteiger partial charge in [-0.1, -0.05) is 24.0 Å². The lowest BCUT2D eigenvalue weighted by Gasteiger charge is -2.11. The van der Waals surface area contributed by atoms with E-state index in [0.717, 1.165) is 18.5 Å². The normalized spacial score (nSPS) is 17.2. The quantitative estimate of drug-likeness (QED) is 0.334. The molecule has 0 aromatic heterocycles. The highest BCUT2D eigenvalue weighted by atomic mass is 127. The van der Waals surface area contributed by atoms with Crippen molar-refractivity contribution in [3.63, 3.8) is 0 Å². The number of benzene rings is 1. The second-order valence-electron chi connectivity index (χ2n) is 3.98. The van der Waals surface area contributed by atoms with Crippen LogP contribution >= 0.6 is 69.2 Å². The van der Waals surface area contributed by atoms with Gasteiger partial charge in [-0.15, -0.1) is 0 Å². The average molecular weight is 531 g/mol. The summed E-state index contributed by atoms with van der Waals surface area (Å²) in [6, 6.07) is 4.06. The lowest BCUT2D eigenvalue weighted by molar-refractivity contribution is -0.121. The maximum atomic E-state index is 12.1. The van der Waals surface area contributed by atoms with Crippen LogP contribution in [0, 0.1) is 7.14 Å². The van der Waals surface area contributed by atoms with E-state index in [1.165, 1.54) is 16.7 Å². The van der Waals surface area contributed by atoms with Gasteiger partial charge in [0.2, 0.25) is 0 Å². The minimum Gasteiger partial charge on any atom is -0.492 e. The monoisotopic (exact) mass is 531 g/mol. The molecule has 1 saturated heterocycles. The molecule has 1 heterocycles. The highest BCUT2D eigenvalue weighted by molar-refractivity contribution is 14.1. The smallest absolute Gasteiger partial charge is 0.265 e. The Kier molecular flexibility index (Phi) is 5.71. The van der Waals surface area contributed by atoms with Gasteiger partial charge in [0, 0.05) is 16.2 Å². The van der Waals surface area contributed by atoms with E-state index in [2.05, 4.69) is 51.2 Å². The van der Waals surface area contributed by atoms with Crippen LogP contribution in [-0.2, 0) is 4.79 Å². The van der Waals surface area contributed by atoms with Gasteiger partial charge < -0.3 is 4.74 Å². The summed E-state index contributed by atoms with van der Waals surface area (Å²) in [7, 11) is 1.69. The number of carbonyl (C=O) groups excluding carboxylic acids is 1. The Morgan fingerprint density at radius 1 is 1.45 bits per heavy atom. The molecule has 0 spiro atoms. The number of hydrogen-bond acceptors (Lipinski definition) is 4. The minimum absolute atomic E-state index is 0.0590. The molecule has 0 aliphatic carbocycles. The van der Waals surface area contributed by atoms with Crippen LogP contribution < -0.4 is 4.74 Å². The molecule has 7 heteroatoms. The summed E-state index contributed by atoms with van der Waals surface area (Å²) in [4.78, 5) is 14.2. The summed E-state index contributed by atoms with van der Waals surface area (Å²) in [6.45, 7) is 2.54. The van der Waals surface area contributed by atoms with Crippen molar-refractivity contribution in [3.8, 4) is 5.75 Å². The molecule has 0 atom stereocenters. The van der Waals surface area contributed by atoms with E-state index in [-0.39, 0.29) is 5.91 Å². The molecule has 2 rings (SSSR count). The standard InChI is InChI=1S/C13H11I2NO2S2/c1-3-18-11-7(4-8(14)6-9(11)15)5-10-12(17)16(2)13(19)20-10/h4-6H,3H2,1-2H3/b10-5-. The fraction of sp³-hybridized carbons (Fsp3) is 0.231. The van der Waals surface area contributed by atoms with Crippen molar-refractivity contribution >= 4 is 85.5 Å². The highest BCUT2D eigenvalue weighted by Crippen LogP contribution is 2.35. The largest absolute Gasteiger partial charge is 0.492 e. The number of halogens is 2. The van der Waals surface area contributed by atoms with E-state index >= 15 is 0 Å². The number of nitrogens with zero attached hydrogens (tertiary/aromatic N) is 1. The molecule has 1 fully saturated rings. The van der Waals surface area contributed by atoms with Gasteiger partial charge in [0.05, 0.1) is 15.1 Å². The zero-order chi connectivity index (χ0) is 14.9. The topological polar surface area (TPSA) is 29.5 Å². The fourth-order valence-electron chi connectivity index (χ4n) is 1.67. The Morgan fingerprint density at radius 3 is 2.70 bits per heavy atom. The predicted molar refractivity (Wildman–Crippen MR) is 104 cm³/mol. The van der Waals surface area contributed by atoms with E-state index in [4.69, 9.17) is 17.0 Å². The first-order chi connectivity index (χ1) is 9.43. The number of likely N-dealkylation sites (N-methyl/N-ethyl adjacent to an activating group) is 1. The van der Waals surface area contributed by atoms with Gasteiger partial charge in [-0.3, -0.25) is 9.69 Å². The summed E-state index contributed by atoms with van der Waals surface area (Å²) in [6.07, 6.45) is 1.86. The molecule has 0 bridgehead atoms. The number of carbonyl (C=O) groups is 1. The van der Waals surface area contributed by atoms with Gasteiger partial charge in [-0.05, 0) is 70.3 Å². The second-order valence-corrected chi connectivity index (χ2v) is 8.06. The number of amides is 1. The van der Waals surface area contributed by atoms with Crippen molar-refractivity contribution in [3.05, 3.63) is 29.7 Å². The van der Waals surface area contributed by atoms with Gasteiger partial charge in [-0.2, -0.15) is 0 Å². The Hall–Kier alpha value is 0.130. The zero-order valence-electron chi connectivity index (χ0n) is 10.8. The lowest BCUT2D eigenvalue weighted by atomic mass is 10.2. The van der Waals surface area contributed by atoms with Crippen molar-refractivity contribution in [2.24, 2.45) is 0 Å². The van der Waals surface area contributed by atoms with Crippen LogP contribution in [0.5, 0.6) is 5.75 Å². The number of hydrogen-bond donors (Lipinski definition) is 0. The molecule has 3 nitrogen and oxygen atoms in total. The summed E-state index contributed by atoms with van der Waals surface area (Å²) >= 11 is 11.0. The lowest BCUT2D eigenvalue weighted by Crippen LogP contribution is -2.22. The first-order valence-corrected chi connectivity index (χ1v) is 9.15. The van der Waals surface area contributed by atoms with Crippen LogP contribution in [0.25, 0.3) is 6.08 Å². The van der Waals surface area contributed by atoms with Crippen LogP contribution in [0.15, 0.2) is 17.0 Å². The first kappa shape index (κ1) is 16.5. The molecular formula is C13H11I2NO2S2. The average Bonchev–Trinajstić information content (AvgIpc) is 2.61. The zero-order valence-corrected chi connectivity index (χ0v) is 16.7. The van der Waals surface area contributed by atoms with Crippen molar-refractivity contribution in [2.45, 2.75) is 6.92 Å². The molecule has 0 N–H and O–H groups in total. The Balaban J connectivity index is 2.48. The maximum absolute atomic E-state index is 12.1. The molecule has 1 aromatic rings. The van der Waals surface area contributed by atoms with Crippen LogP contribution in [0.1, 0.15) is 12.5 Å². The van der Waals surface area contributed by atoms with Gasteiger partial charge in [-0.25, -0.2) is 0 Å². The van der Waals surface area contributed by atoms with Crippen molar-refractivity contribution < 1.29 is 9.53 Å². The SMILES string of the molecule is CCOc1c(I)cc(I)cc1/C=C1\SC(=S)N(C)C1=O. The molecule has 1 aromatic carbocycles. The van der Waals surface area contributed by atoms with Gasteiger partial charge in [0.15, 0.2) is 0 Å². The molecule has 106 valence electrons. The van der Waals surface area contributed by atoms with Crippen molar-refractivity contribution in [1.82, 2.24) is 4.90 Å². The molecular weight excluding hydrogens is 520 g/mol. The van der Waals surface area contributed by atoms with Crippen LogP contribution in [0.2, 0.25) is 0 Å². The summed E-state index contributed by atoms with van der Waals surface area (Å²) in [5.74, 6) is 0.756. The Labute approximate surface area is 154 Å². The first-order valence-electron chi connectivity index (χ1n) is 5.77. The fourth-order valence-corrected chi connectivity index (χ4v) is 4.89. The number of ether oxygens (including phenoxy) is 1. The van der Waals surface area contributed by atoms with Crippen LogP contribution in [-0.4, -0.2) is 28.8 Å². The third-order valence-corrected chi connectivity index (χ3v) is 5.51. The third-order valence-electron chi connectivity index (χ3n) is 2.60. The van der Waals surface area contributed by atoms with E-state index in [1.54, 1.807) is 7.05 Å². The summed E-state index contributed by atoms with van der Waals surface area (Å²) in [5.41, 5.74) is 0.914. The van der Waals surface area contributed by atoms with Crippen molar-refractivity contribution in [2.75, 3.05) is 13.7 Å².